The molecule has 0 unspecified atom stereocenters. The summed E-state index contributed by atoms with van der Waals surface area (Å²) in [6.45, 7) is 10.5. The van der Waals surface area contributed by atoms with E-state index in [0.717, 1.165) is 16.9 Å². The maximum Gasteiger partial charge on any atom is 0.227 e. The van der Waals surface area contributed by atoms with E-state index in [1.54, 1.807) is 0 Å². The summed E-state index contributed by atoms with van der Waals surface area (Å²) in [6, 6.07) is 6.28. The maximum absolute atomic E-state index is 6.04. The van der Waals surface area contributed by atoms with Crippen molar-refractivity contribution in [1.29, 1.82) is 0 Å². The monoisotopic (exact) mass is 285 g/mol. The number of nitrogen functional groups attached to an aromatic ring is 1. The highest BCUT2D eigenvalue weighted by Gasteiger charge is 2.16. The molecule has 0 aliphatic rings. The fourth-order valence-corrected chi connectivity index (χ4v) is 2.21. The predicted molar refractivity (Wildman–Crippen MR) is 85.9 cm³/mol. The van der Waals surface area contributed by atoms with Gasteiger partial charge in [0.25, 0.3) is 0 Å². The van der Waals surface area contributed by atoms with Crippen LogP contribution in [0.1, 0.15) is 56.2 Å². The third-order valence-corrected chi connectivity index (χ3v) is 3.54. The Labute approximate surface area is 126 Å². The molecule has 0 radical (unpaired) electrons. The van der Waals surface area contributed by atoms with Crippen LogP contribution in [0.5, 0.6) is 11.6 Å². The molecule has 2 N–H and O–H groups in total. The number of nitrogens with zero attached hydrogens (tertiary/aromatic N) is 2. The van der Waals surface area contributed by atoms with Gasteiger partial charge < -0.3 is 10.5 Å². The van der Waals surface area contributed by atoms with E-state index in [4.69, 9.17) is 10.5 Å². The normalized spacial score (nSPS) is 11.2. The van der Waals surface area contributed by atoms with Crippen LogP contribution >= 0.6 is 0 Å². The Morgan fingerprint density at radius 3 is 2.38 bits per heavy atom. The second-order valence-electron chi connectivity index (χ2n) is 5.91. The van der Waals surface area contributed by atoms with Crippen molar-refractivity contribution in [1.82, 2.24) is 9.97 Å². The lowest BCUT2D eigenvalue weighted by atomic mass is 10.0. The second kappa shape index (κ2) is 6.12. The van der Waals surface area contributed by atoms with Crippen molar-refractivity contribution in [2.45, 2.75) is 46.5 Å². The number of anilines is 1. The van der Waals surface area contributed by atoms with Crippen LogP contribution in [0.2, 0.25) is 0 Å². The van der Waals surface area contributed by atoms with Gasteiger partial charge in [0, 0.05) is 0 Å². The maximum atomic E-state index is 6.04. The molecule has 1 aromatic carbocycles. The van der Waals surface area contributed by atoms with Crippen LogP contribution in [0.25, 0.3) is 0 Å². The number of hydrogen-bond donors (Lipinski definition) is 1. The fourth-order valence-electron chi connectivity index (χ4n) is 2.21. The number of benzene rings is 1. The van der Waals surface area contributed by atoms with Gasteiger partial charge in [-0.2, -0.15) is 0 Å². The second-order valence-corrected chi connectivity index (χ2v) is 5.91. The average Bonchev–Trinajstić information content (AvgIpc) is 2.40. The SMILES string of the molecule is Cc1ccc(C(C)C)cc1Oc1ncnc(N)c1C(C)C. The Balaban J connectivity index is 2.43. The molecule has 0 saturated carbocycles. The highest BCUT2D eigenvalue weighted by atomic mass is 16.5. The number of nitrogens with two attached hydrogens (primary N) is 1. The predicted octanol–water partition coefficient (Wildman–Crippen LogP) is 4.41. The molecule has 0 fully saturated rings. The van der Waals surface area contributed by atoms with Gasteiger partial charge in [-0.05, 0) is 36.0 Å². The lowest BCUT2D eigenvalue weighted by Crippen LogP contribution is -2.05. The van der Waals surface area contributed by atoms with Crippen LogP contribution < -0.4 is 10.5 Å². The number of hydrogen-bond acceptors (Lipinski definition) is 4. The number of ether oxygens (including phenoxy) is 1. The van der Waals surface area contributed by atoms with Crippen LogP contribution in [0.15, 0.2) is 24.5 Å². The fraction of sp³-hybridized carbons (Fsp3) is 0.412. The van der Waals surface area contributed by atoms with E-state index in [0.29, 0.717) is 17.6 Å². The van der Waals surface area contributed by atoms with E-state index in [-0.39, 0.29) is 5.92 Å². The summed E-state index contributed by atoms with van der Waals surface area (Å²) in [6.07, 6.45) is 1.44. The lowest BCUT2D eigenvalue weighted by molar-refractivity contribution is 0.448. The first-order valence-corrected chi connectivity index (χ1v) is 7.29. The molecule has 0 saturated heterocycles. The van der Waals surface area contributed by atoms with Crippen LogP contribution in [-0.2, 0) is 0 Å². The zero-order chi connectivity index (χ0) is 15.6. The highest BCUT2D eigenvalue weighted by Crippen LogP contribution is 2.33. The van der Waals surface area contributed by atoms with E-state index in [9.17, 15) is 0 Å². The van der Waals surface area contributed by atoms with Crippen LogP contribution in [0, 0.1) is 6.92 Å². The molecule has 2 aromatic rings. The Hall–Kier alpha value is -2.10. The molecule has 4 heteroatoms. The Morgan fingerprint density at radius 2 is 1.76 bits per heavy atom. The minimum atomic E-state index is 0.204. The molecule has 0 aliphatic carbocycles. The van der Waals surface area contributed by atoms with Crippen molar-refractivity contribution in [3.8, 4) is 11.6 Å². The van der Waals surface area contributed by atoms with Gasteiger partial charge in [0.05, 0.1) is 5.56 Å². The molecule has 0 bridgehead atoms. The average molecular weight is 285 g/mol. The first kappa shape index (κ1) is 15.3. The van der Waals surface area contributed by atoms with Gasteiger partial charge in [-0.1, -0.05) is 39.8 Å². The molecule has 0 amide bonds. The zero-order valence-electron chi connectivity index (χ0n) is 13.3. The minimum absolute atomic E-state index is 0.204. The van der Waals surface area contributed by atoms with E-state index in [1.165, 1.54) is 11.9 Å². The third-order valence-electron chi connectivity index (χ3n) is 3.54. The van der Waals surface area contributed by atoms with Gasteiger partial charge in [0.1, 0.15) is 17.9 Å². The largest absolute Gasteiger partial charge is 0.438 e. The van der Waals surface area contributed by atoms with E-state index in [2.05, 4.69) is 55.9 Å². The van der Waals surface area contributed by atoms with Crippen molar-refractivity contribution in [2.24, 2.45) is 0 Å². The number of rotatable bonds is 4. The van der Waals surface area contributed by atoms with Crippen molar-refractivity contribution in [2.75, 3.05) is 5.73 Å². The van der Waals surface area contributed by atoms with Crippen molar-refractivity contribution >= 4 is 5.82 Å². The Morgan fingerprint density at radius 1 is 1.05 bits per heavy atom. The summed E-state index contributed by atoms with van der Waals surface area (Å²) in [5.74, 6) is 2.50. The Bertz CT molecular complexity index is 636. The molecule has 112 valence electrons. The van der Waals surface area contributed by atoms with Gasteiger partial charge in [-0.15, -0.1) is 0 Å². The summed E-state index contributed by atoms with van der Waals surface area (Å²) in [5.41, 5.74) is 9.13. The van der Waals surface area contributed by atoms with Crippen molar-refractivity contribution in [3.05, 3.63) is 41.2 Å². The number of aryl methyl sites for hydroxylation is 1. The van der Waals surface area contributed by atoms with Gasteiger partial charge in [-0.25, -0.2) is 9.97 Å². The summed E-state index contributed by atoms with van der Waals surface area (Å²) in [7, 11) is 0. The zero-order valence-corrected chi connectivity index (χ0v) is 13.3. The molecule has 4 nitrogen and oxygen atoms in total. The summed E-state index contributed by atoms with van der Waals surface area (Å²) < 4.78 is 6.04. The van der Waals surface area contributed by atoms with Crippen molar-refractivity contribution < 1.29 is 4.74 Å². The molecular weight excluding hydrogens is 262 g/mol. The number of aromatic nitrogens is 2. The quantitative estimate of drug-likeness (QED) is 0.904. The smallest absolute Gasteiger partial charge is 0.227 e. The van der Waals surface area contributed by atoms with Crippen LogP contribution in [0.4, 0.5) is 5.82 Å². The van der Waals surface area contributed by atoms with Crippen LogP contribution in [-0.4, -0.2) is 9.97 Å². The molecular formula is C17H23N3O. The van der Waals surface area contributed by atoms with Gasteiger partial charge in [0.15, 0.2) is 0 Å². The van der Waals surface area contributed by atoms with Crippen LogP contribution in [0.3, 0.4) is 0 Å². The summed E-state index contributed by atoms with van der Waals surface area (Å²) in [4.78, 5) is 8.32. The highest BCUT2D eigenvalue weighted by molar-refractivity contribution is 5.49. The lowest BCUT2D eigenvalue weighted by Gasteiger charge is -2.16. The molecule has 1 aromatic heterocycles. The van der Waals surface area contributed by atoms with E-state index < -0.39 is 0 Å². The molecule has 0 spiro atoms. The molecule has 0 aliphatic heterocycles. The molecule has 2 rings (SSSR count). The first-order valence-electron chi connectivity index (χ1n) is 7.29. The summed E-state index contributed by atoms with van der Waals surface area (Å²) >= 11 is 0. The van der Waals surface area contributed by atoms with Gasteiger partial charge in [-0.3, -0.25) is 0 Å². The standard InChI is InChI=1S/C17H23N3O/c1-10(2)13-7-6-12(5)14(8-13)21-17-15(11(3)4)16(18)19-9-20-17/h6-11H,1-5H3,(H2,18,19,20). The Kier molecular flexibility index (Phi) is 4.46. The van der Waals surface area contributed by atoms with Crippen molar-refractivity contribution in [3.63, 3.8) is 0 Å². The molecule has 1 heterocycles. The molecule has 0 atom stereocenters. The van der Waals surface area contributed by atoms with E-state index >= 15 is 0 Å². The topological polar surface area (TPSA) is 61.0 Å². The molecule has 21 heavy (non-hydrogen) atoms. The van der Waals surface area contributed by atoms with Gasteiger partial charge in [0.2, 0.25) is 5.88 Å². The minimum Gasteiger partial charge on any atom is -0.438 e. The van der Waals surface area contributed by atoms with Gasteiger partial charge >= 0.3 is 0 Å². The first-order chi connectivity index (χ1) is 9.90. The summed E-state index contributed by atoms with van der Waals surface area (Å²) in [5, 5.41) is 0. The third kappa shape index (κ3) is 3.32. The van der Waals surface area contributed by atoms with E-state index in [1.807, 2.05) is 6.92 Å².